The molecule has 2 rings (SSSR count). The first-order valence-electron chi connectivity index (χ1n) is 7.63. The average Bonchev–Trinajstić information content (AvgIpc) is 2.92. The molecule has 0 radical (unpaired) electrons. The van der Waals surface area contributed by atoms with Gasteiger partial charge in [-0.05, 0) is 36.8 Å². The Morgan fingerprint density at radius 3 is 2.57 bits per heavy atom. The molecule has 1 aliphatic carbocycles. The summed E-state index contributed by atoms with van der Waals surface area (Å²) in [6, 6.07) is 7.99. The van der Waals surface area contributed by atoms with Crippen LogP contribution in [0.15, 0.2) is 24.3 Å². The summed E-state index contributed by atoms with van der Waals surface area (Å²) in [7, 11) is 0. The van der Waals surface area contributed by atoms with Gasteiger partial charge in [0.05, 0.1) is 11.3 Å². The summed E-state index contributed by atoms with van der Waals surface area (Å²) in [5.74, 6) is -1.02. The van der Waals surface area contributed by atoms with Crippen LogP contribution in [0.2, 0.25) is 0 Å². The maximum absolute atomic E-state index is 12.4. The quantitative estimate of drug-likeness (QED) is 0.846. The third-order valence-electron chi connectivity index (χ3n) is 4.86. The third kappa shape index (κ3) is 2.94. The first kappa shape index (κ1) is 15.5. The van der Waals surface area contributed by atoms with E-state index in [2.05, 4.69) is 11.4 Å². The minimum atomic E-state index is -0.853. The molecule has 0 spiro atoms. The molecule has 1 aliphatic rings. The van der Waals surface area contributed by atoms with Crippen LogP contribution in [-0.2, 0) is 16.0 Å². The summed E-state index contributed by atoms with van der Waals surface area (Å²) in [4.78, 5) is 23.9. The number of carbonyl (C=O) groups excluding carboxylic acids is 1. The van der Waals surface area contributed by atoms with E-state index in [9.17, 15) is 14.7 Å². The highest BCUT2D eigenvalue weighted by Crippen LogP contribution is 2.33. The fraction of sp³-hybridized carbons (Fsp3) is 0.529. The number of aryl methyl sites for hydroxylation is 1. The van der Waals surface area contributed by atoms with Crippen molar-refractivity contribution < 1.29 is 14.7 Å². The van der Waals surface area contributed by atoms with Gasteiger partial charge in [0.25, 0.3) is 0 Å². The monoisotopic (exact) mass is 289 g/mol. The van der Waals surface area contributed by atoms with Gasteiger partial charge in [-0.1, -0.05) is 38.1 Å². The predicted octanol–water partition coefficient (Wildman–Crippen LogP) is 2.72. The lowest BCUT2D eigenvalue weighted by atomic mass is 9.82. The number of carbonyl (C=O) groups is 2. The highest BCUT2D eigenvalue weighted by molar-refractivity contribution is 5.85. The number of aliphatic carboxylic acids is 1. The molecule has 0 heterocycles. The molecule has 4 nitrogen and oxygen atoms in total. The van der Waals surface area contributed by atoms with E-state index in [0.29, 0.717) is 12.8 Å². The van der Waals surface area contributed by atoms with Crippen LogP contribution in [-0.4, -0.2) is 23.5 Å². The second-order valence-electron chi connectivity index (χ2n) is 5.80. The normalized spacial score (nSPS) is 17.3. The summed E-state index contributed by atoms with van der Waals surface area (Å²) in [5, 5.41) is 12.3. The molecular formula is C17H23NO3. The van der Waals surface area contributed by atoms with Gasteiger partial charge in [0.1, 0.15) is 0 Å². The van der Waals surface area contributed by atoms with Crippen molar-refractivity contribution in [2.75, 3.05) is 6.54 Å². The van der Waals surface area contributed by atoms with Gasteiger partial charge in [0, 0.05) is 6.54 Å². The first-order valence-corrected chi connectivity index (χ1v) is 7.63. The second kappa shape index (κ2) is 6.29. The molecule has 0 aliphatic heterocycles. The highest BCUT2D eigenvalue weighted by Gasteiger charge is 2.36. The Labute approximate surface area is 125 Å². The van der Waals surface area contributed by atoms with E-state index in [1.165, 1.54) is 5.56 Å². The van der Waals surface area contributed by atoms with Crippen molar-refractivity contribution in [1.82, 2.24) is 5.32 Å². The number of hydrogen-bond acceptors (Lipinski definition) is 2. The summed E-state index contributed by atoms with van der Waals surface area (Å²) in [5.41, 5.74) is 1.46. The van der Waals surface area contributed by atoms with Crippen LogP contribution in [0.5, 0.6) is 0 Å². The van der Waals surface area contributed by atoms with Crippen molar-refractivity contribution in [2.45, 2.75) is 45.4 Å². The van der Waals surface area contributed by atoms with E-state index in [1.807, 2.05) is 32.0 Å². The lowest BCUT2D eigenvalue weighted by molar-refractivity contribution is -0.149. The number of amides is 1. The summed E-state index contributed by atoms with van der Waals surface area (Å²) >= 11 is 0. The van der Waals surface area contributed by atoms with Crippen LogP contribution in [0, 0.1) is 5.41 Å². The van der Waals surface area contributed by atoms with Crippen LogP contribution in [0.1, 0.15) is 50.2 Å². The molecule has 0 saturated heterocycles. The van der Waals surface area contributed by atoms with Crippen LogP contribution in [0.4, 0.5) is 0 Å². The average molecular weight is 289 g/mol. The zero-order valence-corrected chi connectivity index (χ0v) is 12.7. The molecule has 4 heteroatoms. The van der Waals surface area contributed by atoms with E-state index in [0.717, 1.165) is 18.4 Å². The summed E-state index contributed by atoms with van der Waals surface area (Å²) in [6.45, 7) is 3.91. The van der Waals surface area contributed by atoms with Gasteiger partial charge in [-0.2, -0.15) is 0 Å². The van der Waals surface area contributed by atoms with Gasteiger partial charge in [-0.15, -0.1) is 0 Å². The number of carboxylic acid groups (broad SMARTS) is 1. The smallest absolute Gasteiger partial charge is 0.311 e. The lowest BCUT2D eigenvalue weighted by Gasteiger charge is -2.27. The second-order valence-corrected chi connectivity index (χ2v) is 5.80. The summed E-state index contributed by atoms with van der Waals surface area (Å²) in [6.07, 6.45) is 2.75. The molecule has 0 bridgehead atoms. The molecule has 1 atom stereocenters. The molecule has 1 amide bonds. The third-order valence-corrected chi connectivity index (χ3v) is 4.86. The van der Waals surface area contributed by atoms with Gasteiger partial charge in [0.15, 0.2) is 0 Å². The van der Waals surface area contributed by atoms with E-state index < -0.39 is 11.4 Å². The first-order chi connectivity index (χ1) is 10.0. The van der Waals surface area contributed by atoms with Crippen molar-refractivity contribution in [1.29, 1.82) is 0 Å². The Balaban J connectivity index is 2.05. The van der Waals surface area contributed by atoms with Crippen LogP contribution < -0.4 is 5.32 Å². The van der Waals surface area contributed by atoms with E-state index in [4.69, 9.17) is 0 Å². The Hall–Kier alpha value is -1.84. The topological polar surface area (TPSA) is 66.4 Å². The number of benzene rings is 1. The van der Waals surface area contributed by atoms with E-state index >= 15 is 0 Å². The number of carboxylic acids is 1. The number of hydrogen-bond donors (Lipinski definition) is 2. The molecule has 0 aromatic heterocycles. The standard InChI is InChI=1S/C17H23NO3/c1-3-17(4-2,16(20)21)11-18-15(19)14-10-9-12-7-5-6-8-13(12)14/h5-8,14H,3-4,9-11H2,1-2H3,(H,18,19)(H,20,21). The largest absolute Gasteiger partial charge is 0.481 e. The van der Waals surface area contributed by atoms with Crippen molar-refractivity contribution in [3.8, 4) is 0 Å². The molecule has 1 aromatic rings. The van der Waals surface area contributed by atoms with Gasteiger partial charge < -0.3 is 10.4 Å². The van der Waals surface area contributed by atoms with Crippen molar-refractivity contribution in [2.24, 2.45) is 5.41 Å². The number of nitrogens with one attached hydrogen (secondary N) is 1. The Kier molecular flexibility index (Phi) is 4.66. The molecular weight excluding hydrogens is 266 g/mol. The van der Waals surface area contributed by atoms with Crippen LogP contribution in [0.3, 0.4) is 0 Å². The van der Waals surface area contributed by atoms with Gasteiger partial charge in [0.2, 0.25) is 5.91 Å². The molecule has 114 valence electrons. The fourth-order valence-electron chi connectivity index (χ4n) is 3.09. The van der Waals surface area contributed by atoms with Crippen molar-refractivity contribution in [3.63, 3.8) is 0 Å². The van der Waals surface area contributed by atoms with Crippen LogP contribution in [0.25, 0.3) is 0 Å². The van der Waals surface area contributed by atoms with E-state index in [1.54, 1.807) is 0 Å². The Morgan fingerprint density at radius 2 is 1.95 bits per heavy atom. The van der Waals surface area contributed by atoms with Gasteiger partial charge >= 0.3 is 5.97 Å². The fourth-order valence-corrected chi connectivity index (χ4v) is 3.09. The maximum atomic E-state index is 12.4. The molecule has 0 saturated carbocycles. The highest BCUT2D eigenvalue weighted by atomic mass is 16.4. The van der Waals surface area contributed by atoms with Crippen molar-refractivity contribution >= 4 is 11.9 Å². The zero-order chi connectivity index (χ0) is 15.5. The molecule has 1 unspecified atom stereocenters. The maximum Gasteiger partial charge on any atom is 0.311 e. The SMILES string of the molecule is CCC(CC)(CNC(=O)C1CCc2ccccc21)C(=O)O. The minimum absolute atomic E-state index is 0.0486. The van der Waals surface area contributed by atoms with Crippen LogP contribution >= 0.6 is 0 Å². The lowest BCUT2D eigenvalue weighted by Crippen LogP contribution is -2.43. The van der Waals surface area contributed by atoms with E-state index in [-0.39, 0.29) is 18.4 Å². The molecule has 2 N–H and O–H groups in total. The van der Waals surface area contributed by atoms with Gasteiger partial charge in [-0.25, -0.2) is 0 Å². The van der Waals surface area contributed by atoms with Gasteiger partial charge in [-0.3, -0.25) is 9.59 Å². The predicted molar refractivity (Wildman–Crippen MR) is 81.2 cm³/mol. The summed E-state index contributed by atoms with van der Waals surface area (Å²) < 4.78 is 0. The number of rotatable bonds is 6. The Morgan fingerprint density at radius 1 is 1.29 bits per heavy atom. The Bertz CT molecular complexity index is 535. The zero-order valence-electron chi connectivity index (χ0n) is 12.7. The molecule has 21 heavy (non-hydrogen) atoms. The number of fused-ring (bicyclic) bond motifs is 1. The molecule has 1 aromatic carbocycles. The molecule has 0 fully saturated rings. The minimum Gasteiger partial charge on any atom is -0.481 e. The van der Waals surface area contributed by atoms with Crippen molar-refractivity contribution in [3.05, 3.63) is 35.4 Å².